The van der Waals surface area contributed by atoms with E-state index in [9.17, 15) is 19.8 Å². The molecule has 9 heteroatoms. The average Bonchev–Trinajstić information content (AvgIpc) is 3.77. The highest BCUT2D eigenvalue weighted by Gasteiger charge is 2.65. The zero-order valence-corrected chi connectivity index (χ0v) is 45.2. The monoisotopic (exact) mass is 1040 g/mol. The number of carbonyl (C=O) groups excluding carboxylic acids is 2. The van der Waals surface area contributed by atoms with E-state index in [1.165, 1.54) is 91.3 Å². The first kappa shape index (κ1) is 55.7. The van der Waals surface area contributed by atoms with Crippen LogP contribution in [0.2, 0.25) is 19.6 Å². The lowest BCUT2D eigenvalue weighted by Crippen LogP contribution is -2.60. The van der Waals surface area contributed by atoms with Gasteiger partial charge in [-0.2, -0.15) is 0 Å². The van der Waals surface area contributed by atoms with Crippen molar-refractivity contribution in [3.05, 3.63) is 0 Å². The van der Waals surface area contributed by atoms with Crippen LogP contribution in [0.1, 0.15) is 185 Å². The predicted molar refractivity (Wildman–Crippen MR) is 278 cm³/mol. The minimum absolute atomic E-state index is 0. The van der Waals surface area contributed by atoms with Crippen LogP contribution in [0.5, 0.6) is 0 Å². The quantitative estimate of drug-likeness (QED) is 0.0972. The Morgan fingerprint density at radius 1 is 0.662 bits per heavy atom. The molecule has 7 nitrogen and oxygen atoms in total. The number of hydrogen-bond donors (Lipinski definition) is 2. The standard InChI is InChI=1S/C29H51IO3Si.C25H42O4.2CH4/c1-18-11-13-28(3)20(15-18)17-25(33-34(6,7)8)26-22-10-9-21(29(22,4)14-12-23(26)28)19(2)16-24(30)27(31)32-5;1-15(5-8-22(28)29-4)18-6-7-19-23-20(10-12-25(18,19)3)24(2)11-9-17(26)13-16(24)14-21(23)27;;/h18-26H,9-17H2,1-8H3;15-21,23,26-27H,5-14H2,1-4H3;2*1H4/t18-,19-,20+,21-,22+,23+,24?,25-,26+,28+,29-;15-,16+,17-,18-,19+,20+,21-,23+,24+,25-;;/m11../s1. The third kappa shape index (κ3) is 10.6. The highest BCUT2D eigenvalue weighted by molar-refractivity contribution is 14.1. The Morgan fingerprint density at radius 2 is 1.17 bits per heavy atom. The number of aliphatic hydroxyl groups is 2. The number of hydrogen-bond acceptors (Lipinski definition) is 7. The van der Waals surface area contributed by atoms with Crippen molar-refractivity contribution in [2.45, 2.75) is 227 Å². The number of fused-ring (bicyclic) bond motifs is 10. The normalized spacial score (nSPS) is 46.5. The number of halogens is 1. The van der Waals surface area contributed by atoms with Gasteiger partial charge in [0.15, 0.2) is 8.32 Å². The number of aliphatic hydroxyl groups excluding tert-OH is 2. The fourth-order valence-corrected chi connectivity index (χ4v) is 20.7. The molecule has 378 valence electrons. The maximum Gasteiger partial charge on any atom is 0.318 e. The highest BCUT2D eigenvalue weighted by atomic mass is 127. The van der Waals surface area contributed by atoms with Crippen molar-refractivity contribution in [2.24, 2.45) is 98.6 Å². The molecular weight excluding hydrogens is 940 g/mol. The lowest BCUT2D eigenvalue weighted by atomic mass is 9.43. The Bertz CT molecular complexity index is 1600. The highest BCUT2D eigenvalue weighted by Crippen LogP contribution is 2.71. The van der Waals surface area contributed by atoms with Gasteiger partial charge in [0.05, 0.1) is 26.4 Å². The van der Waals surface area contributed by atoms with E-state index in [0.29, 0.717) is 76.1 Å². The second-order valence-corrected chi connectivity index (χ2v) is 31.8. The number of methoxy groups -OCH3 is 2. The van der Waals surface area contributed by atoms with Gasteiger partial charge in [-0.15, -0.1) is 0 Å². The number of alkyl halides is 1. The van der Waals surface area contributed by atoms with Gasteiger partial charge in [0.2, 0.25) is 0 Å². The van der Waals surface area contributed by atoms with Crippen LogP contribution >= 0.6 is 22.6 Å². The number of carbonyl (C=O) groups is 2. The SMILES string of the molecule is C.C.COC(=O)C(I)C[C@@H](C)[C@H]1CC[C@H]2[C@@H]3[C@H](O[Si](C)(C)C)C[C@@H]4C[C@H](C)CC[C@]4(C)[C@H]3CC[C@]12C.COC(=O)CC[C@@H](C)[C@H]1CC[C@H]2[C@@H]3[C@H](O)C[C@@H]4C[C@H](O)CC[C@]4(C)[C@H]3CC[C@]12C. The summed E-state index contributed by atoms with van der Waals surface area (Å²) in [6, 6.07) is 0. The lowest BCUT2D eigenvalue weighted by molar-refractivity contribution is -0.174. The van der Waals surface area contributed by atoms with E-state index in [0.717, 1.165) is 68.1 Å². The largest absolute Gasteiger partial charge is 0.469 e. The van der Waals surface area contributed by atoms with E-state index in [2.05, 4.69) is 90.7 Å². The van der Waals surface area contributed by atoms with Crippen LogP contribution in [-0.4, -0.2) is 66.9 Å². The maximum absolute atomic E-state index is 12.1. The van der Waals surface area contributed by atoms with Gasteiger partial charge >= 0.3 is 11.9 Å². The van der Waals surface area contributed by atoms with Crippen molar-refractivity contribution in [3.63, 3.8) is 0 Å². The summed E-state index contributed by atoms with van der Waals surface area (Å²) < 4.78 is 17.0. The van der Waals surface area contributed by atoms with Gasteiger partial charge in [0.25, 0.3) is 0 Å². The molecule has 21 atom stereocenters. The van der Waals surface area contributed by atoms with Crippen LogP contribution in [0.4, 0.5) is 0 Å². The molecule has 0 aliphatic heterocycles. The molecule has 8 aliphatic rings. The van der Waals surface area contributed by atoms with E-state index >= 15 is 0 Å². The molecule has 8 saturated carbocycles. The zero-order valence-electron chi connectivity index (χ0n) is 42.1. The molecule has 8 aliphatic carbocycles. The van der Waals surface area contributed by atoms with Gasteiger partial charge in [0.1, 0.15) is 3.92 Å². The molecule has 0 amide bonds. The molecular formula is C56H101IO7Si. The van der Waals surface area contributed by atoms with Gasteiger partial charge in [0, 0.05) is 12.5 Å². The molecule has 0 aromatic rings. The third-order valence-corrected chi connectivity index (χ3v) is 23.7. The van der Waals surface area contributed by atoms with Gasteiger partial charge in [-0.1, -0.05) is 92.3 Å². The smallest absolute Gasteiger partial charge is 0.318 e. The van der Waals surface area contributed by atoms with Crippen molar-refractivity contribution in [2.75, 3.05) is 14.2 Å². The average molecular weight is 1040 g/mol. The Morgan fingerprint density at radius 3 is 1.74 bits per heavy atom. The minimum Gasteiger partial charge on any atom is -0.469 e. The summed E-state index contributed by atoms with van der Waals surface area (Å²) in [5.74, 6) is 8.45. The molecule has 0 aromatic heterocycles. The second kappa shape index (κ2) is 21.2. The fraction of sp³-hybridized carbons (Fsp3) is 0.964. The third-order valence-electron chi connectivity index (χ3n) is 21.7. The van der Waals surface area contributed by atoms with Crippen molar-refractivity contribution in [3.8, 4) is 0 Å². The minimum atomic E-state index is -1.62. The first-order valence-electron chi connectivity index (χ1n) is 26.3. The van der Waals surface area contributed by atoms with Gasteiger partial charge in [-0.3, -0.25) is 9.59 Å². The summed E-state index contributed by atoms with van der Waals surface area (Å²) in [6.45, 7) is 24.7. The summed E-state index contributed by atoms with van der Waals surface area (Å²) in [5.41, 5.74) is 1.48. The van der Waals surface area contributed by atoms with Gasteiger partial charge < -0.3 is 24.1 Å². The van der Waals surface area contributed by atoms with E-state index in [1.54, 1.807) is 0 Å². The molecule has 0 bridgehead atoms. The van der Waals surface area contributed by atoms with Crippen LogP contribution in [0.3, 0.4) is 0 Å². The van der Waals surface area contributed by atoms with Crippen molar-refractivity contribution in [1.29, 1.82) is 0 Å². The van der Waals surface area contributed by atoms with Crippen molar-refractivity contribution >= 4 is 42.8 Å². The molecule has 0 heterocycles. The Hall–Kier alpha value is -0.233. The summed E-state index contributed by atoms with van der Waals surface area (Å²) in [4.78, 5) is 23.8. The van der Waals surface area contributed by atoms with Gasteiger partial charge in [-0.05, 0) is 227 Å². The first-order chi connectivity index (χ1) is 29.5. The van der Waals surface area contributed by atoms with E-state index in [-0.39, 0.29) is 48.3 Å². The van der Waals surface area contributed by atoms with Crippen LogP contribution in [0.25, 0.3) is 0 Å². The van der Waals surface area contributed by atoms with Crippen LogP contribution < -0.4 is 0 Å². The molecule has 0 spiro atoms. The zero-order chi connectivity index (χ0) is 46.0. The first-order valence-corrected chi connectivity index (χ1v) is 31.0. The lowest BCUT2D eigenvalue weighted by Gasteiger charge is -2.63. The molecule has 8 fully saturated rings. The Balaban J connectivity index is 0.000000239. The molecule has 0 saturated heterocycles. The Kier molecular flexibility index (Phi) is 18.2. The number of esters is 2. The summed E-state index contributed by atoms with van der Waals surface area (Å²) >= 11 is 2.30. The van der Waals surface area contributed by atoms with E-state index < -0.39 is 8.32 Å². The molecule has 0 radical (unpaired) electrons. The van der Waals surface area contributed by atoms with Crippen molar-refractivity contribution < 1.29 is 33.7 Å². The summed E-state index contributed by atoms with van der Waals surface area (Å²) in [7, 11) is 1.38. The van der Waals surface area contributed by atoms with Crippen LogP contribution in [0, 0.1) is 98.6 Å². The summed E-state index contributed by atoms with van der Waals surface area (Å²) in [6.07, 6.45) is 22.2. The van der Waals surface area contributed by atoms with Crippen molar-refractivity contribution in [1.82, 2.24) is 0 Å². The molecule has 0 aromatic carbocycles. The number of ether oxygens (including phenoxy) is 2. The maximum atomic E-state index is 12.1. The van der Waals surface area contributed by atoms with Gasteiger partial charge in [-0.25, -0.2) is 0 Å². The number of rotatable bonds is 10. The molecule has 8 rings (SSSR count). The molecule has 1 unspecified atom stereocenters. The molecule has 65 heavy (non-hydrogen) atoms. The summed E-state index contributed by atoms with van der Waals surface area (Å²) in [5, 5.41) is 21.5. The second-order valence-electron chi connectivity index (χ2n) is 25.9. The molecule has 2 N–H and O–H groups in total. The van der Waals surface area contributed by atoms with Crippen LogP contribution in [0.15, 0.2) is 0 Å². The Labute approximate surface area is 414 Å². The van der Waals surface area contributed by atoms with E-state index in [1.807, 2.05) is 0 Å². The van der Waals surface area contributed by atoms with Crippen LogP contribution in [-0.2, 0) is 23.5 Å². The fourth-order valence-electron chi connectivity index (χ4n) is 18.5. The predicted octanol–water partition coefficient (Wildman–Crippen LogP) is 14.0. The topological polar surface area (TPSA) is 102 Å². The van der Waals surface area contributed by atoms with E-state index in [4.69, 9.17) is 13.9 Å².